The lowest BCUT2D eigenvalue weighted by Gasteiger charge is -2.15. The first-order chi connectivity index (χ1) is 13.0. The van der Waals surface area contributed by atoms with Crippen LogP contribution in [-0.4, -0.2) is 18.5 Å². The quantitative estimate of drug-likeness (QED) is 0.679. The lowest BCUT2D eigenvalue weighted by Crippen LogP contribution is -2.41. The highest BCUT2D eigenvalue weighted by Crippen LogP contribution is 2.38. The number of carbonyl (C=O) groups is 2. The average molecular weight is 402 g/mol. The third kappa shape index (κ3) is 4.54. The normalized spacial score (nSPS) is 14.8. The molecule has 0 heterocycles. The van der Waals surface area contributed by atoms with E-state index in [1.165, 1.54) is 0 Å². The molecule has 5 nitrogen and oxygen atoms in total. The van der Waals surface area contributed by atoms with Crippen molar-refractivity contribution in [2.75, 3.05) is 11.9 Å². The number of anilines is 1. The highest BCUT2D eigenvalue weighted by molar-refractivity contribution is 6.42. The van der Waals surface area contributed by atoms with Gasteiger partial charge in [0.25, 0.3) is 0 Å². The van der Waals surface area contributed by atoms with Gasteiger partial charge in [0, 0.05) is 11.3 Å². The summed E-state index contributed by atoms with van der Waals surface area (Å²) in [6, 6.07) is 9.92. The number of halogens is 2. The molecule has 7 heteroatoms. The van der Waals surface area contributed by atoms with E-state index < -0.39 is 6.03 Å². The van der Waals surface area contributed by atoms with E-state index in [1.807, 2.05) is 6.07 Å². The third-order valence-electron chi connectivity index (χ3n) is 4.32. The van der Waals surface area contributed by atoms with Crippen LogP contribution in [0.5, 0.6) is 0 Å². The Morgan fingerprint density at radius 2 is 2.04 bits per heavy atom. The van der Waals surface area contributed by atoms with Gasteiger partial charge in [-0.25, -0.2) is 4.79 Å². The molecule has 0 spiro atoms. The van der Waals surface area contributed by atoms with Crippen LogP contribution in [-0.2, 0) is 11.2 Å². The summed E-state index contributed by atoms with van der Waals surface area (Å²) in [7, 11) is 0. The van der Waals surface area contributed by atoms with E-state index in [1.54, 1.807) is 30.3 Å². The molecule has 3 rings (SSSR count). The third-order valence-corrected chi connectivity index (χ3v) is 5.16. The zero-order valence-corrected chi connectivity index (χ0v) is 15.8. The summed E-state index contributed by atoms with van der Waals surface area (Å²) in [5, 5.41) is 9.14. The van der Waals surface area contributed by atoms with Crippen LogP contribution in [0.15, 0.2) is 36.4 Å². The van der Waals surface area contributed by atoms with Gasteiger partial charge >= 0.3 is 6.03 Å². The minimum absolute atomic E-state index is 0.160. The van der Waals surface area contributed by atoms with E-state index in [2.05, 4.69) is 21.9 Å². The van der Waals surface area contributed by atoms with E-state index in [0.717, 1.165) is 24.0 Å². The number of hydrogen-bond donors (Lipinski definition) is 3. The topological polar surface area (TPSA) is 70.2 Å². The van der Waals surface area contributed by atoms with Gasteiger partial charge in [-0.05, 0) is 48.2 Å². The number of fused-ring (bicyclic) bond motifs is 1. The first-order valence-electron chi connectivity index (χ1n) is 8.35. The fourth-order valence-corrected chi connectivity index (χ4v) is 3.49. The number of carbonyl (C=O) groups excluding carboxylic acids is 2. The van der Waals surface area contributed by atoms with E-state index in [9.17, 15) is 9.59 Å². The number of urea groups is 1. The van der Waals surface area contributed by atoms with Gasteiger partial charge in [-0.15, -0.1) is 6.42 Å². The Bertz CT molecular complexity index is 937. The molecule has 0 aliphatic heterocycles. The van der Waals surface area contributed by atoms with Gasteiger partial charge in [0.05, 0.1) is 22.6 Å². The van der Waals surface area contributed by atoms with E-state index >= 15 is 0 Å². The van der Waals surface area contributed by atoms with Crippen molar-refractivity contribution in [2.24, 2.45) is 0 Å². The average Bonchev–Trinajstić information content (AvgIpc) is 3.06. The predicted molar refractivity (Wildman–Crippen MR) is 107 cm³/mol. The van der Waals surface area contributed by atoms with E-state index in [-0.39, 0.29) is 18.5 Å². The van der Waals surface area contributed by atoms with Gasteiger partial charge in [0.2, 0.25) is 5.91 Å². The fourth-order valence-electron chi connectivity index (χ4n) is 3.04. The fraction of sp³-hybridized carbons (Fsp3) is 0.200. The minimum atomic E-state index is -0.425. The predicted octanol–water partition coefficient (Wildman–Crippen LogP) is 3.90. The molecule has 27 heavy (non-hydrogen) atoms. The monoisotopic (exact) mass is 401 g/mol. The molecular weight excluding hydrogens is 385 g/mol. The first-order valence-corrected chi connectivity index (χ1v) is 9.11. The van der Waals surface area contributed by atoms with Crippen LogP contribution in [0.3, 0.4) is 0 Å². The van der Waals surface area contributed by atoms with Gasteiger partial charge in [-0.3, -0.25) is 4.79 Å². The summed E-state index contributed by atoms with van der Waals surface area (Å²) in [4.78, 5) is 24.1. The summed E-state index contributed by atoms with van der Waals surface area (Å²) in [6.07, 6.45) is 6.81. The summed E-state index contributed by atoms with van der Waals surface area (Å²) in [6.45, 7) is -0.160. The second kappa shape index (κ2) is 8.34. The minimum Gasteiger partial charge on any atom is -0.331 e. The summed E-state index contributed by atoms with van der Waals surface area (Å²) in [5.74, 6) is 2.15. The Hall–Kier alpha value is -2.68. The molecule has 138 valence electrons. The van der Waals surface area contributed by atoms with Crippen molar-refractivity contribution in [3.05, 3.63) is 63.1 Å². The van der Waals surface area contributed by atoms with Crippen molar-refractivity contribution in [1.29, 1.82) is 0 Å². The number of nitrogens with one attached hydrogen (secondary N) is 3. The van der Waals surface area contributed by atoms with E-state index in [4.69, 9.17) is 29.6 Å². The number of hydrogen-bond acceptors (Lipinski definition) is 2. The number of rotatable bonds is 4. The van der Waals surface area contributed by atoms with Crippen molar-refractivity contribution in [2.45, 2.75) is 18.9 Å². The molecular formula is C20H17Cl2N3O2. The Labute approximate surface area is 167 Å². The van der Waals surface area contributed by atoms with Crippen molar-refractivity contribution < 1.29 is 9.59 Å². The summed E-state index contributed by atoms with van der Waals surface area (Å²) >= 11 is 12.2. The van der Waals surface area contributed by atoms with E-state index in [0.29, 0.717) is 21.3 Å². The van der Waals surface area contributed by atoms with Crippen LogP contribution in [0.4, 0.5) is 10.5 Å². The van der Waals surface area contributed by atoms with Gasteiger partial charge in [0.15, 0.2) is 0 Å². The van der Waals surface area contributed by atoms with Crippen molar-refractivity contribution in [1.82, 2.24) is 10.6 Å². The van der Waals surface area contributed by atoms with Crippen molar-refractivity contribution >= 4 is 40.8 Å². The number of benzene rings is 2. The van der Waals surface area contributed by atoms with Crippen LogP contribution >= 0.6 is 23.2 Å². The molecule has 0 saturated carbocycles. The van der Waals surface area contributed by atoms with Gasteiger partial charge in [-0.1, -0.05) is 41.3 Å². The molecule has 1 aliphatic rings. The van der Waals surface area contributed by atoms with Gasteiger partial charge < -0.3 is 16.0 Å². The number of terminal acetylenes is 1. The zero-order valence-electron chi connectivity index (χ0n) is 14.3. The molecule has 2 aromatic carbocycles. The molecule has 0 fully saturated rings. The maximum absolute atomic E-state index is 12.1. The molecule has 0 aromatic heterocycles. The first kappa shape index (κ1) is 19.1. The van der Waals surface area contributed by atoms with Crippen LogP contribution in [0.1, 0.15) is 29.2 Å². The molecule has 1 unspecified atom stereocenters. The molecule has 1 aliphatic carbocycles. The lowest BCUT2D eigenvalue weighted by atomic mass is 10.1. The summed E-state index contributed by atoms with van der Waals surface area (Å²) in [5.41, 5.74) is 3.15. The van der Waals surface area contributed by atoms with Crippen molar-refractivity contribution in [3.8, 4) is 12.3 Å². The highest BCUT2D eigenvalue weighted by Gasteiger charge is 2.26. The SMILES string of the molecule is C#Cc1cccc(NC(=O)CNC(=O)NC2CCc3c2ccc(Cl)c3Cl)c1. The molecule has 0 radical (unpaired) electrons. The molecule has 3 N–H and O–H groups in total. The second-order valence-electron chi connectivity index (χ2n) is 6.12. The molecule has 3 amide bonds. The highest BCUT2D eigenvalue weighted by atomic mass is 35.5. The van der Waals surface area contributed by atoms with Crippen LogP contribution < -0.4 is 16.0 Å². The van der Waals surface area contributed by atoms with Crippen LogP contribution in [0.25, 0.3) is 0 Å². The summed E-state index contributed by atoms with van der Waals surface area (Å²) < 4.78 is 0. The lowest BCUT2D eigenvalue weighted by molar-refractivity contribution is -0.115. The maximum Gasteiger partial charge on any atom is 0.315 e. The Kier molecular flexibility index (Phi) is 5.90. The van der Waals surface area contributed by atoms with Crippen molar-refractivity contribution in [3.63, 3.8) is 0 Å². The Morgan fingerprint density at radius 1 is 1.22 bits per heavy atom. The van der Waals surface area contributed by atoms with Gasteiger partial charge in [0.1, 0.15) is 0 Å². The Balaban J connectivity index is 1.52. The van der Waals surface area contributed by atoms with Crippen LogP contribution in [0.2, 0.25) is 10.0 Å². The molecule has 2 aromatic rings. The molecule has 0 bridgehead atoms. The molecule has 0 saturated heterocycles. The smallest absolute Gasteiger partial charge is 0.315 e. The second-order valence-corrected chi connectivity index (χ2v) is 6.91. The van der Waals surface area contributed by atoms with Crippen LogP contribution in [0, 0.1) is 12.3 Å². The maximum atomic E-state index is 12.1. The van der Waals surface area contributed by atoms with Gasteiger partial charge in [-0.2, -0.15) is 0 Å². The standard InChI is InChI=1S/C20H17Cl2N3O2/c1-2-12-4-3-5-13(10-12)24-18(26)11-23-20(27)25-17-9-7-15-14(17)6-8-16(21)19(15)22/h1,3-6,8,10,17H,7,9,11H2,(H,24,26)(H2,23,25,27). The molecule has 1 atom stereocenters. The zero-order chi connectivity index (χ0) is 19.4. The number of amides is 3. The Morgan fingerprint density at radius 3 is 2.81 bits per heavy atom. The largest absolute Gasteiger partial charge is 0.331 e.